The van der Waals surface area contributed by atoms with Crippen molar-refractivity contribution in [1.29, 1.82) is 0 Å². The lowest BCUT2D eigenvalue weighted by Gasteiger charge is -2.27. The van der Waals surface area contributed by atoms with E-state index in [0.717, 1.165) is 24.4 Å². The van der Waals surface area contributed by atoms with Gasteiger partial charge >= 0.3 is 0 Å². The lowest BCUT2D eigenvalue weighted by molar-refractivity contribution is -0.120. The first kappa shape index (κ1) is 12.9. The highest BCUT2D eigenvalue weighted by Crippen LogP contribution is 2.23. The number of nitrogens with one attached hydrogen (secondary N) is 2. The summed E-state index contributed by atoms with van der Waals surface area (Å²) in [5.41, 5.74) is 0.991. The average Bonchev–Trinajstić information content (AvgIpc) is 2.40. The number of carbonyl (C=O) groups is 1. The minimum absolute atomic E-state index is 0.0957. The molecule has 0 aromatic heterocycles. The van der Waals surface area contributed by atoms with Gasteiger partial charge in [-0.3, -0.25) is 4.79 Å². The molecule has 1 aromatic rings. The molecule has 1 aliphatic carbocycles. The Kier molecular flexibility index (Phi) is 4.62. The number of benzene rings is 1. The molecule has 1 saturated carbocycles. The van der Waals surface area contributed by atoms with Crippen LogP contribution in [0.2, 0.25) is 0 Å². The zero-order chi connectivity index (χ0) is 12.8. The quantitative estimate of drug-likeness (QED) is 0.857. The predicted molar refractivity (Wildman–Crippen MR) is 74.5 cm³/mol. The number of para-hydroxylation sites is 1. The molecule has 18 heavy (non-hydrogen) atoms. The smallest absolute Gasteiger partial charge is 0.239 e. The molecule has 0 bridgehead atoms. The number of rotatable bonds is 4. The van der Waals surface area contributed by atoms with Crippen LogP contribution in [0, 0.1) is 5.92 Å². The number of hydrogen-bond acceptors (Lipinski definition) is 2. The van der Waals surface area contributed by atoms with Crippen LogP contribution in [0.25, 0.3) is 0 Å². The van der Waals surface area contributed by atoms with E-state index in [1.54, 1.807) is 0 Å². The molecule has 1 amide bonds. The van der Waals surface area contributed by atoms with Crippen LogP contribution in [0.3, 0.4) is 0 Å². The summed E-state index contributed by atoms with van der Waals surface area (Å²) in [6, 6.07) is 10.2. The summed E-state index contributed by atoms with van der Waals surface area (Å²) in [6.07, 6.45) is 4.71. The molecule has 3 nitrogen and oxygen atoms in total. The Balaban J connectivity index is 1.69. The molecule has 0 radical (unpaired) electrons. The topological polar surface area (TPSA) is 41.1 Å². The van der Waals surface area contributed by atoms with Gasteiger partial charge in [-0.25, -0.2) is 0 Å². The fourth-order valence-corrected chi connectivity index (χ4v) is 2.42. The van der Waals surface area contributed by atoms with Crippen molar-refractivity contribution < 1.29 is 4.79 Å². The van der Waals surface area contributed by atoms with Gasteiger partial charge in [-0.15, -0.1) is 0 Å². The molecule has 0 atom stereocenters. The van der Waals surface area contributed by atoms with Crippen LogP contribution in [-0.4, -0.2) is 18.5 Å². The fraction of sp³-hybridized carbons (Fsp3) is 0.533. The second-order valence-corrected chi connectivity index (χ2v) is 5.24. The Labute approximate surface area is 109 Å². The first-order valence-electron chi connectivity index (χ1n) is 6.82. The van der Waals surface area contributed by atoms with E-state index in [-0.39, 0.29) is 5.91 Å². The molecule has 98 valence electrons. The van der Waals surface area contributed by atoms with Crippen LogP contribution in [0.1, 0.15) is 32.6 Å². The van der Waals surface area contributed by atoms with E-state index in [2.05, 4.69) is 17.6 Å². The molecule has 1 aliphatic rings. The van der Waals surface area contributed by atoms with Crippen LogP contribution in [0.15, 0.2) is 30.3 Å². The summed E-state index contributed by atoms with van der Waals surface area (Å²) in [4.78, 5) is 11.8. The Hall–Kier alpha value is -1.51. The summed E-state index contributed by atoms with van der Waals surface area (Å²) in [7, 11) is 0. The van der Waals surface area contributed by atoms with Crippen LogP contribution < -0.4 is 10.6 Å². The SMILES string of the molecule is CC1CCC(NC(=O)CNc2ccccc2)CC1. The highest BCUT2D eigenvalue weighted by molar-refractivity contribution is 5.80. The number of anilines is 1. The van der Waals surface area contributed by atoms with Crippen molar-refractivity contribution in [2.24, 2.45) is 5.92 Å². The Morgan fingerprint density at radius 3 is 2.50 bits per heavy atom. The van der Waals surface area contributed by atoms with Crippen molar-refractivity contribution in [2.45, 2.75) is 38.6 Å². The van der Waals surface area contributed by atoms with Gasteiger partial charge in [0.1, 0.15) is 0 Å². The molecule has 2 N–H and O–H groups in total. The van der Waals surface area contributed by atoms with Gasteiger partial charge in [0.2, 0.25) is 5.91 Å². The van der Waals surface area contributed by atoms with Crippen LogP contribution in [-0.2, 0) is 4.79 Å². The summed E-state index contributed by atoms with van der Waals surface area (Å²) in [6.45, 7) is 2.64. The zero-order valence-electron chi connectivity index (χ0n) is 11.0. The fourth-order valence-electron chi connectivity index (χ4n) is 2.42. The summed E-state index contributed by atoms with van der Waals surface area (Å²) >= 11 is 0. The van der Waals surface area contributed by atoms with Crippen molar-refractivity contribution in [3.8, 4) is 0 Å². The number of hydrogen-bond donors (Lipinski definition) is 2. The monoisotopic (exact) mass is 246 g/mol. The highest BCUT2D eigenvalue weighted by Gasteiger charge is 2.19. The van der Waals surface area contributed by atoms with Gasteiger partial charge in [-0.2, -0.15) is 0 Å². The van der Waals surface area contributed by atoms with E-state index in [9.17, 15) is 4.79 Å². The first-order chi connectivity index (χ1) is 8.74. The van der Waals surface area contributed by atoms with Crippen molar-refractivity contribution in [2.75, 3.05) is 11.9 Å². The predicted octanol–water partition coefficient (Wildman–Crippen LogP) is 2.79. The van der Waals surface area contributed by atoms with E-state index in [4.69, 9.17) is 0 Å². The lowest BCUT2D eigenvalue weighted by atomic mass is 9.87. The van der Waals surface area contributed by atoms with Gasteiger partial charge < -0.3 is 10.6 Å². The lowest BCUT2D eigenvalue weighted by Crippen LogP contribution is -2.40. The van der Waals surface area contributed by atoms with Gasteiger partial charge in [0.25, 0.3) is 0 Å². The minimum atomic E-state index is 0.0957. The van der Waals surface area contributed by atoms with Gasteiger partial charge in [-0.1, -0.05) is 25.1 Å². The van der Waals surface area contributed by atoms with Crippen molar-refractivity contribution >= 4 is 11.6 Å². The molecule has 0 spiro atoms. The van der Waals surface area contributed by atoms with Crippen LogP contribution in [0.4, 0.5) is 5.69 Å². The first-order valence-corrected chi connectivity index (χ1v) is 6.82. The molecule has 3 heteroatoms. The highest BCUT2D eigenvalue weighted by atomic mass is 16.1. The van der Waals surface area contributed by atoms with Gasteiger partial charge in [0.15, 0.2) is 0 Å². The van der Waals surface area contributed by atoms with E-state index in [0.29, 0.717) is 12.6 Å². The third-order valence-corrected chi connectivity index (χ3v) is 3.61. The van der Waals surface area contributed by atoms with Crippen molar-refractivity contribution in [3.05, 3.63) is 30.3 Å². The maximum absolute atomic E-state index is 11.8. The molecule has 1 aromatic carbocycles. The zero-order valence-corrected chi connectivity index (χ0v) is 11.0. The maximum atomic E-state index is 11.8. The number of carbonyl (C=O) groups excluding carboxylic acids is 1. The maximum Gasteiger partial charge on any atom is 0.239 e. The third-order valence-electron chi connectivity index (χ3n) is 3.61. The minimum Gasteiger partial charge on any atom is -0.376 e. The molecule has 0 unspecified atom stereocenters. The Bertz CT molecular complexity index is 369. The summed E-state index contributed by atoms with van der Waals surface area (Å²) in [5.74, 6) is 0.916. The molecule has 1 fully saturated rings. The average molecular weight is 246 g/mol. The second-order valence-electron chi connectivity index (χ2n) is 5.24. The third kappa shape index (κ3) is 4.06. The van der Waals surface area contributed by atoms with Gasteiger partial charge in [-0.05, 0) is 43.7 Å². The second kappa shape index (κ2) is 6.43. The molecule has 0 heterocycles. The molecule has 0 saturated heterocycles. The van der Waals surface area contributed by atoms with E-state index >= 15 is 0 Å². The van der Waals surface area contributed by atoms with E-state index in [1.165, 1.54) is 12.8 Å². The van der Waals surface area contributed by atoms with E-state index in [1.807, 2.05) is 30.3 Å². The van der Waals surface area contributed by atoms with Crippen molar-refractivity contribution in [1.82, 2.24) is 5.32 Å². The molecular weight excluding hydrogens is 224 g/mol. The summed E-state index contributed by atoms with van der Waals surface area (Å²) in [5, 5.41) is 6.24. The van der Waals surface area contributed by atoms with Crippen LogP contribution >= 0.6 is 0 Å². The largest absolute Gasteiger partial charge is 0.376 e. The van der Waals surface area contributed by atoms with Crippen LogP contribution in [0.5, 0.6) is 0 Å². The van der Waals surface area contributed by atoms with Gasteiger partial charge in [0, 0.05) is 11.7 Å². The molecule has 0 aliphatic heterocycles. The molecular formula is C15H22N2O. The summed E-state index contributed by atoms with van der Waals surface area (Å²) < 4.78 is 0. The normalized spacial score (nSPS) is 23.4. The Morgan fingerprint density at radius 2 is 1.83 bits per heavy atom. The van der Waals surface area contributed by atoms with E-state index < -0.39 is 0 Å². The Morgan fingerprint density at radius 1 is 1.17 bits per heavy atom. The van der Waals surface area contributed by atoms with Gasteiger partial charge in [0.05, 0.1) is 6.54 Å². The standard InChI is InChI=1S/C15H22N2O/c1-12-7-9-14(10-8-12)17-15(18)11-16-13-5-3-2-4-6-13/h2-6,12,14,16H,7-11H2,1H3,(H,17,18). The van der Waals surface area contributed by atoms with Crippen molar-refractivity contribution in [3.63, 3.8) is 0 Å². The number of amides is 1. The molecule has 2 rings (SSSR count).